The lowest BCUT2D eigenvalue weighted by Gasteiger charge is -2.39. The topological polar surface area (TPSA) is 29.5 Å². The summed E-state index contributed by atoms with van der Waals surface area (Å²) in [4.78, 5) is 13.7. The zero-order valence-electron chi connectivity index (χ0n) is 10.9. The van der Waals surface area contributed by atoms with Gasteiger partial charge in [0.2, 0.25) is 0 Å². The molecule has 1 saturated heterocycles. The SMILES string of the molecule is CCOC(=O)CCCN1C(C)CCCC1C. The van der Waals surface area contributed by atoms with Crippen molar-refractivity contribution < 1.29 is 9.53 Å². The van der Waals surface area contributed by atoms with Crippen LogP contribution >= 0.6 is 0 Å². The van der Waals surface area contributed by atoms with Crippen LogP contribution in [0.25, 0.3) is 0 Å². The summed E-state index contributed by atoms with van der Waals surface area (Å²) >= 11 is 0. The second-order valence-electron chi connectivity index (χ2n) is 4.78. The number of ether oxygens (including phenoxy) is 1. The molecule has 0 amide bonds. The van der Waals surface area contributed by atoms with Crippen molar-refractivity contribution in [2.24, 2.45) is 0 Å². The third kappa shape index (κ3) is 4.12. The molecule has 0 saturated carbocycles. The van der Waals surface area contributed by atoms with Crippen LogP contribution in [0.1, 0.15) is 52.9 Å². The lowest BCUT2D eigenvalue weighted by molar-refractivity contribution is -0.143. The summed E-state index contributed by atoms with van der Waals surface area (Å²) < 4.78 is 4.93. The Kier molecular flexibility index (Phi) is 5.81. The van der Waals surface area contributed by atoms with Crippen molar-refractivity contribution in [3.63, 3.8) is 0 Å². The Bertz CT molecular complexity index is 208. The highest BCUT2D eigenvalue weighted by Gasteiger charge is 2.23. The fraction of sp³-hybridized carbons (Fsp3) is 0.923. The second kappa shape index (κ2) is 6.89. The number of carbonyl (C=O) groups is 1. The molecule has 0 aromatic rings. The van der Waals surface area contributed by atoms with Crippen LogP contribution in [0.4, 0.5) is 0 Å². The molecule has 94 valence electrons. The molecule has 0 spiro atoms. The maximum Gasteiger partial charge on any atom is 0.305 e. The van der Waals surface area contributed by atoms with Gasteiger partial charge in [0.1, 0.15) is 0 Å². The molecule has 1 heterocycles. The molecule has 0 aromatic heterocycles. The van der Waals surface area contributed by atoms with Gasteiger partial charge in [-0.25, -0.2) is 0 Å². The lowest BCUT2D eigenvalue weighted by Crippen LogP contribution is -2.44. The number of hydrogen-bond donors (Lipinski definition) is 0. The molecule has 3 nitrogen and oxygen atoms in total. The Morgan fingerprint density at radius 1 is 1.31 bits per heavy atom. The van der Waals surface area contributed by atoms with Crippen LogP contribution in [0.3, 0.4) is 0 Å². The molecule has 0 bridgehead atoms. The minimum absolute atomic E-state index is 0.0557. The molecule has 1 fully saturated rings. The molecule has 2 atom stereocenters. The van der Waals surface area contributed by atoms with Gasteiger partial charge in [0.25, 0.3) is 0 Å². The molecule has 0 N–H and O–H groups in total. The van der Waals surface area contributed by atoms with E-state index < -0.39 is 0 Å². The zero-order valence-corrected chi connectivity index (χ0v) is 10.9. The van der Waals surface area contributed by atoms with E-state index in [4.69, 9.17) is 4.74 Å². The van der Waals surface area contributed by atoms with Gasteiger partial charge in [0, 0.05) is 18.5 Å². The fourth-order valence-corrected chi connectivity index (χ4v) is 2.55. The van der Waals surface area contributed by atoms with E-state index in [1.807, 2.05) is 6.92 Å². The molecule has 0 aliphatic carbocycles. The Morgan fingerprint density at radius 2 is 1.94 bits per heavy atom. The van der Waals surface area contributed by atoms with Crippen LogP contribution in [0.15, 0.2) is 0 Å². The predicted molar refractivity (Wildman–Crippen MR) is 65.3 cm³/mol. The fourth-order valence-electron chi connectivity index (χ4n) is 2.55. The number of piperidine rings is 1. The van der Waals surface area contributed by atoms with E-state index in [1.165, 1.54) is 19.3 Å². The van der Waals surface area contributed by atoms with E-state index >= 15 is 0 Å². The van der Waals surface area contributed by atoms with Crippen LogP contribution in [-0.2, 0) is 9.53 Å². The van der Waals surface area contributed by atoms with Gasteiger partial charge in [-0.3, -0.25) is 9.69 Å². The van der Waals surface area contributed by atoms with Gasteiger partial charge < -0.3 is 4.74 Å². The minimum Gasteiger partial charge on any atom is -0.466 e. The summed E-state index contributed by atoms with van der Waals surface area (Å²) in [5.74, 6) is -0.0557. The third-order valence-corrected chi connectivity index (χ3v) is 3.48. The van der Waals surface area contributed by atoms with Gasteiger partial charge in [0.05, 0.1) is 6.61 Å². The highest BCUT2D eigenvalue weighted by molar-refractivity contribution is 5.69. The average molecular weight is 227 g/mol. The summed E-state index contributed by atoms with van der Waals surface area (Å²) in [5, 5.41) is 0. The average Bonchev–Trinajstić information content (AvgIpc) is 2.23. The van der Waals surface area contributed by atoms with Crippen LogP contribution in [0.5, 0.6) is 0 Å². The van der Waals surface area contributed by atoms with Crippen molar-refractivity contribution in [1.82, 2.24) is 4.90 Å². The third-order valence-electron chi connectivity index (χ3n) is 3.48. The Labute approximate surface area is 99.1 Å². The Balaban J connectivity index is 2.22. The first-order valence-corrected chi connectivity index (χ1v) is 6.56. The monoisotopic (exact) mass is 227 g/mol. The first kappa shape index (κ1) is 13.5. The molecule has 3 heteroatoms. The van der Waals surface area contributed by atoms with Crippen molar-refractivity contribution in [1.29, 1.82) is 0 Å². The number of rotatable bonds is 5. The van der Waals surface area contributed by atoms with E-state index in [9.17, 15) is 4.79 Å². The molecule has 1 aliphatic rings. The second-order valence-corrected chi connectivity index (χ2v) is 4.78. The van der Waals surface area contributed by atoms with Crippen molar-refractivity contribution in [3.05, 3.63) is 0 Å². The number of esters is 1. The first-order chi connectivity index (χ1) is 7.65. The summed E-state index contributed by atoms with van der Waals surface area (Å²) in [5.41, 5.74) is 0. The molecular formula is C13H25NO2. The van der Waals surface area contributed by atoms with Gasteiger partial charge >= 0.3 is 5.97 Å². The first-order valence-electron chi connectivity index (χ1n) is 6.56. The van der Waals surface area contributed by atoms with E-state index in [0.717, 1.165) is 13.0 Å². The number of carbonyl (C=O) groups excluding carboxylic acids is 1. The largest absolute Gasteiger partial charge is 0.466 e. The van der Waals surface area contributed by atoms with Gasteiger partial charge in [-0.05, 0) is 46.6 Å². The molecule has 0 radical (unpaired) electrons. The quantitative estimate of drug-likeness (QED) is 0.676. The van der Waals surface area contributed by atoms with Crippen LogP contribution in [0.2, 0.25) is 0 Å². The summed E-state index contributed by atoms with van der Waals surface area (Å²) in [6.45, 7) is 7.96. The smallest absolute Gasteiger partial charge is 0.305 e. The molecule has 1 aliphatic heterocycles. The van der Waals surface area contributed by atoms with Crippen LogP contribution < -0.4 is 0 Å². The van der Waals surface area contributed by atoms with Crippen molar-refractivity contribution in [3.8, 4) is 0 Å². The number of hydrogen-bond acceptors (Lipinski definition) is 3. The van der Waals surface area contributed by atoms with E-state index in [1.54, 1.807) is 0 Å². The molecule has 16 heavy (non-hydrogen) atoms. The highest BCUT2D eigenvalue weighted by Crippen LogP contribution is 2.22. The highest BCUT2D eigenvalue weighted by atomic mass is 16.5. The molecule has 1 rings (SSSR count). The minimum atomic E-state index is -0.0557. The lowest BCUT2D eigenvalue weighted by atomic mass is 9.97. The van der Waals surface area contributed by atoms with E-state index in [0.29, 0.717) is 25.1 Å². The van der Waals surface area contributed by atoms with Crippen molar-refractivity contribution >= 4 is 5.97 Å². The summed E-state index contributed by atoms with van der Waals surface area (Å²) in [6.07, 6.45) is 5.42. The van der Waals surface area contributed by atoms with E-state index in [-0.39, 0.29) is 5.97 Å². The molecule has 0 aromatic carbocycles. The number of likely N-dealkylation sites (tertiary alicyclic amines) is 1. The number of nitrogens with zero attached hydrogens (tertiary/aromatic N) is 1. The maximum absolute atomic E-state index is 11.2. The van der Waals surface area contributed by atoms with Gasteiger partial charge in [0.15, 0.2) is 0 Å². The molecule has 2 unspecified atom stereocenters. The predicted octanol–water partition coefficient (Wildman–Crippen LogP) is 2.59. The van der Waals surface area contributed by atoms with Gasteiger partial charge in [-0.1, -0.05) is 6.42 Å². The Morgan fingerprint density at radius 3 is 2.50 bits per heavy atom. The zero-order chi connectivity index (χ0) is 12.0. The molecular weight excluding hydrogens is 202 g/mol. The van der Waals surface area contributed by atoms with Crippen molar-refractivity contribution in [2.75, 3.05) is 13.2 Å². The Hall–Kier alpha value is -0.570. The van der Waals surface area contributed by atoms with Crippen LogP contribution in [-0.4, -0.2) is 36.1 Å². The van der Waals surface area contributed by atoms with Crippen molar-refractivity contribution in [2.45, 2.75) is 65.0 Å². The standard InChI is InChI=1S/C13H25NO2/c1-4-16-13(15)9-6-10-14-11(2)7-5-8-12(14)3/h11-12H,4-10H2,1-3H3. The normalized spacial score (nSPS) is 26.7. The maximum atomic E-state index is 11.2. The van der Waals surface area contributed by atoms with E-state index in [2.05, 4.69) is 18.7 Å². The summed E-state index contributed by atoms with van der Waals surface area (Å²) in [6, 6.07) is 1.34. The van der Waals surface area contributed by atoms with Crippen LogP contribution in [0, 0.1) is 0 Å². The van der Waals surface area contributed by atoms with Gasteiger partial charge in [-0.15, -0.1) is 0 Å². The summed E-state index contributed by atoms with van der Waals surface area (Å²) in [7, 11) is 0. The van der Waals surface area contributed by atoms with Gasteiger partial charge in [-0.2, -0.15) is 0 Å².